The van der Waals surface area contributed by atoms with E-state index >= 15 is 0 Å². The second kappa shape index (κ2) is 4.58. The Hall–Kier alpha value is -0.214. The molecule has 0 radical (unpaired) electrons. The molecule has 0 fully saturated rings. The molecule has 0 bridgehead atoms. The SMILES string of the molecule is COc1ccc(C)cc1.[MgH2]. The third-order valence-electron chi connectivity index (χ3n) is 1.26. The largest absolute Gasteiger partial charge is 0.497 e. The van der Waals surface area contributed by atoms with E-state index in [2.05, 4.69) is 6.92 Å². The minimum atomic E-state index is 0. The van der Waals surface area contributed by atoms with E-state index in [9.17, 15) is 0 Å². The third kappa shape index (κ3) is 2.58. The van der Waals surface area contributed by atoms with Crippen LogP contribution in [0.1, 0.15) is 5.56 Å². The average molecular weight is 148 g/mol. The highest BCUT2D eigenvalue weighted by Crippen LogP contribution is 2.09. The van der Waals surface area contributed by atoms with Crippen LogP contribution in [0.15, 0.2) is 24.3 Å². The van der Waals surface area contributed by atoms with Crippen molar-refractivity contribution in [3.63, 3.8) is 0 Å². The summed E-state index contributed by atoms with van der Waals surface area (Å²) in [5.74, 6) is 0.917. The van der Waals surface area contributed by atoms with E-state index in [1.165, 1.54) is 5.56 Å². The van der Waals surface area contributed by atoms with Crippen molar-refractivity contribution in [1.82, 2.24) is 0 Å². The van der Waals surface area contributed by atoms with Gasteiger partial charge in [0.1, 0.15) is 5.75 Å². The van der Waals surface area contributed by atoms with E-state index in [-0.39, 0.29) is 23.1 Å². The van der Waals surface area contributed by atoms with Crippen LogP contribution in [0.3, 0.4) is 0 Å². The lowest BCUT2D eigenvalue weighted by atomic mass is 10.2. The molecule has 1 aromatic rings. The summed E-state index contributed by atoms with van der Waals surface area (Å²) in [5.41, 5.74) is 1.26. The van der Waals surface area contributed by atoms with Gasteiger partial charge in [0, 0.05) is 0 Å². The molecular weight excluding hydrogens is 136 g/mol. The molecule has 0 spiro atoms. The van der Waals surface area contributed by atoms with Crippen LogP contribution in [0.25, 0.3) is 0 Å². The Labute approximate surface area is 77.5 Å². The Bertz CT molecular complexity index is 181. The number of benzene rings is 1. The Morgan fingerprint density at radius 1 is 1.10 bits per heavy atom. The van der Waals surface area contributed by atoms with E-state index in [1.807, 2.05) is 24.3 Å². The number of methoxy groups -OCH3 is 1. The molecule has 0 aliphatic rings. The first-order valence-electron chi connectivity index (χ1n) is 2.93. The summed E-state index contributed by atoms with van der Waals surface area (Å²) in [6, 6.07) is 7.96. The van der Waals surface area contributed by atoms with Crippen LogP contribution in [0, 0.1) is 6.92 Å². The van der Waals surface area contributed by atoms with Crippen molar-refractivity contribution >= 4 is 23.1 Å². The van der Waals surface area contributed by atoms with Gasteiger partial charge >= 0.3 is 23.1 Å². The third-order valence-corrected chi connectivity index (χ3v) is 1.26. The van der Waals surface area contributed by atoms with E-state index in [0.717, 1.165) is 5.75 Å². The predicted molar refractivity (Wildman–Crippen MR) is 46.3 cm³/mol. The first-order valence-corrected chi connectivity index (χ1v) is 2.93. The van der Waals surface area contributed by atoms with Gasteiger partial charge < -0.3 is 4.74 Å². The zero-order valence-electron chi connectivity index (χ0n) is 5.72. The van der Waals surface area contributed by atoms with Crippen LogP contribution >= 0.6 is 0 Å². The Morgan fingerprint density at radius 2 is 1.60 bits per heavy atom. The molecule has 0 aromatic heterocycles. The molecule has 52 valence electrons. The second-order valence-electron chi connectivity index (χ2n) is 2.02. The number of rotatable bonds is 1. The molecule has 0 aliphatic heterocycles. The molecule has 0 amide bonds. The first-order chi connectivity index (χ1) is 4.33. The van der Waals surface area contributed by atoms with Crippen molar-refractivity contribution in [3.05, 3.63) is 29.8 Å². The quantitative estimate of drug-likeness (QED) is 0.542. The van der Waals surface area contributed by atoms with Crippen molar-refractivity contribution in [1.29, 1.82) is 0 Å². The minimum absolute atomic E-state index is 0. The van der Waals surface area contributed by atoms with Gasteiger partial charge in [-0.15, -0.1) is 0 Å². The van der Waals surface area contributed by atoms with Gasteiger partial charge in [-0.3, -0.25) is 0 Å². The molecule has 0 saturated carbocycles. The lowest BCUT2D eigenvalue weighted by molar-refractivity contribution is 0.414. The zero-order valence-corrected chi connectivity index (χ0v) is 5.72. The smallest absolute Gasteiger partial charge is 0.316 e. The van der Waals surface area contributed by atoms with Crippen molar-refractivity contribution in [2.45, 2.75) is 6.92 Å². The summed E-state index contributed by atoms with van der Waals surface area (Å²) in [4.78, 5) is 0. The fourth-order valence-corrected chi connectivity index (χ4v) is 0.674. The van der Waals surface area contributed by atoms with Crippen molar-refractivity contribution < 1.29 is 4.74 Å². The van der Waals surface area contributed by atoms with Crippen molar-refractivity contribution in [2.75, 3.05) is 7.11 Å². The Morgan fingerprint density at radius 3 is 2.00 bits per heavy atom. The van der Waals surface area contributed by atoms with Gasteiger partial charge in [-0.2, -0.15) is 0 Å². The summed E-state index contributed by atoms with van der Waals surface area (Å²) >= 11 is 0. The predicted octanol–water partition coefficient (Wildman–Crippen LogP) is 1.09. The first kappa shape index (κ1) is 9.79. The molecule has 1 nitrogen and oxygen atoms in total. The van der Waals surface area contributed by atoms with E-state index in [4.69, 9.17) is 4.74 Å². The maximum atomic E-state index is 4.97. The molecule has 2 heteroatoms. The highest BCUT2D eigenvalue weighted by molar-refractivity contribution is 5.75. The van der Waals surface area contributed by atoms with Gasteiger partial charge in [-0.25, -0.2) is 0 Å². The average Bonchev–Trinajstić information content (AvgIpc) is 1.90. The maximum absolute atomic E-state index is 4.97. The summed E-state index contributed by atoms with van der Waals surface area (Å²) in [5, 5.41) is 0. The van der Waals surface area contributed by atoms with Crippen LogP contribution < -0.4 is 4.74 Å². The molecule has 0 aliphatic carbocycles. The number of hydrogen-bond donors (Lipinski definition) is 0. The van der Waals surface area contributed by atoms with Crippen LogP contribution in [-0.2, 0) is 0 Å². The Kier molecular flexibility index (Phi) is 4.48. The summed E-state index contributed by atoms with van der Waals surface area (Å²) < 4.78 is 4.97. The van der Waals surface area contributed by atoms with Crippen LogP contribution in [0.5, 0.6) is 5.75 Å². The van der Waals surface area contributed by atoms with Gasteiger partial charge in [0.25, 0.3) is 0 Å². The lowest BCUT2D eigenvalue weighted by Gasteiger charge is -1.97. The van der Waals surface area contributed by atoms with Gasteiger partial charge in [-0.1, -0.05) is 17.7 Å². The van der Waals surface area contributed by atoms with Crippen LogP contribution in [0.4, 0.5) is 0 Å². The molecule has 10 heavy (non-hydrogen) atoms. The maximum Gasteiger partial charge on any atom is 0.316 e. The van der Waals surface area contributed by atoms with Crippen LogP contribution in [0.2, 0.25) is 0 Å². The number of hydrogen-bond acceptors (Lipinski definition) is 1. The fourth-order valence-electron chi connectivity index (χ4n) is 0.674. The monoisotopic (exact) mass is 148 g/mol. The van der Waals surface area contributed by atoms with Gasteiger partial charge in [-0.05, 0) is 19.1 Å². The second-order valence-corrected chi connectivity index (χ2v) is 2.02. The van der Waals surface area contributed by atoms with Gasteiger partial charge in [0.15, 0.2) is 0 Å². The lowest BCUT2D eigenvalue weighted by Crippen LogP contribution is -1.80. The van der Waals surface area contributed by atoms with E-state index in [0.29, 0.717) is 0 Å². The summed E-state index contributed by atoms with van der Waals surface area (Å²) in [7, 11) is 1.67. The number of ether oxygens (including phenoxy) is 1. The van der Waals surface area contributed by atoms with Crippen molar-refractivity contribution in [3.8, 4) is 5.75 Å². The van der Waals surface area contributed by atoms with Gasteiger partial charge in [0.05, 0.1) is 7.11 Å². The van der Waals surface area contributed by atoms with E-state index in [1.54, 1.807) is 7.11 Å². The molecule has 0 N–H and O–H groups in total. The molecule has 1 rings (SSSR count). The Balaban J connectivity index is 0.000000810. The minimum Gasteiger partial charge on any atom is -0.497 e. The highest BCUT2D eigenvalue weighted by Gasteiger charge is 1.85. The van der Waals surface area contributed by atoms with Gasteiger partial charge in [0.2, 0.25) is 0 Å². The summed E-state index contributed by atoms with van der Waals surface area (Å²) in [6.07, 6.45) is 0. The molecule has 0 atom stereocenters. The normalized spacial score (nSPS) is 8.20. The fraction of sp³-hybridized carbons (Fsp3) is 0.250. The molecule has 0 heterocycles. The summed E-state index contributed by atoms with van der Waals surface area (Å²) in [6.45, 7) is 2.06. The zero-order chi connectivity index (χ0) is 6.69. The topological polar surface area (TPSA) is 9.23 Å². The molecule has 1 aromatic carbocycles. The number of aryl methyl sites for hydroxylation is 1. The standard InChI is InChI=1S/C8H10O.Mg.2H/c1-7-3-5-8(9-2)6-4-7;;;/h3-6H,1-2H3;;;. The van der Waals surface area contributed by atoms with Crippen molar-refractivity contribution in [2.24, 2.45) is 0 Å². The van der Waals surface area contributed by atoms with Crippen LogP contribution in [-0.4, -0.2) is 30.2 Å². The highest BCUT2D eigenvalue weighted by atomic mass is 24.3. The molecular formula is C8H12MgO. The molecule has 0 saturated heterocycles. The van der Waals surface area contributed by atoms with E-state index < -0.39 is 0 Å². The molecule has 0 unspecified atom stereocenters.